The van der Waals surface area contributed by atoms with E-state index in [1.54, 1.807) is 34.2 Å². The van der Waals surface area contributed by atoms with Crippen molar-refractivity contribution in [2.45, 2.75) is 19.8 Å². The molecular formula is C22H23N7O. The molecule has 1 aromatic carbocycles. The first-order valence-corrected chi connectivity index (χ1v) is 9.85. The van der Waals surface area contributed by atoms with Crippen molar-refractivity contribution in [2.24, 2.45) is 7.05 Å². The van der Waals surface area contributed by atoms with Crippen LogP contribution in [0.1, 0.15) is 24.6 Å². The van der Waals surface area contributed by atoms with Crippen LogP contribution in [-0.4, -0.2) is 36.1 Å². The smallest absolute Gasteiger partial charge is 0.203 e. The zero-order chi connectivity index (χ0) is 20.9. The number of rotatable bonds is 7. The summed E-state index contributed by atoms with van der Waals surface area (Å²) in [5, 5.41) is 11.9. The van der Waals surface area contributed by atoms with Gasteiger partial charge in [-0.15, -0.1) is 0 Å². The van der Waals surface area contributed by atoms with Gasteiger partial charge in [0.05, 0.1) is 30.5 Å². The molecule has 0 bridgehead atoms. The average molecular weight is 401 g/mol. The molecule has 0 fully saturated rings. The normalized spacial score (nSPS) is 10.9. The highest BCUT2D eigenvalue weighted by atomic mass is 16.1. The summed E-state index contributed by atoms with van der Waals surface area (Å²) in [5.74, 6) is 0.646. The van der Waals surface area contributed by atoms with Crippen molar-refractivity contribution in [3.63, 3.8) is 0 Å². The third-order valence-electron chi connectivity index (χ3n) is 4.62. The summed E-state index contributed by atoms with van der Waals surface area (Å²) < 4.78 is 3.36. The molecule has 3 aromatic heterocycles. The quantitative estimate of drug-likeness (QED) is 0.512. The van der Waals surface area contributed by atoms with Gasteiger partial charge in [0.2, 0.25) is 5.43 Å². The van der Waals surface area contributed by atoms with Crippen LogP contribution in [0.5, 0.6) is 0 Å². The summed E-state index contributed by atoms with van der Waals surface area (Å²) in [7, 11) is 1.84. The van der Waals surface area contributed by atoms with Crippen LogP contribution in [0.4, 0.5) is 5.69 Å². The first-order valence-electron chi connectivity index (χ1n) is 9.85. The molecule has 8 heteroatoms. The molecule has 4 aromatic rings. The number of anilines is 1. The van der Waals surface area contributed by atoms with Crippen LogP contribution in [-0.2, 0) is 13.5 Å². The zero-order valence-electron chi connectivity index (χ0n) is 17.0. The lowest BCUT2D eigenvalue weighted by Gasteiger charge is -2.08. The van der Waals surface area contributed by atoms with Gasteiger partial charge in [0.25, 0.3) is 0 Å². The van der Waals surface area contributed by atoms with E-state index in [2.05, 4.69) is 32.4 Å². The minimum absolute atomic E-state index is 0.0943. The maximum absolute atomic E-state index is 12.4. The molecule has 152 valence electrons. The lowest BCUT2D eigenvalue weighted by atomic mass is 10.1. The first kappa shape index (κ1) is 19.5. The fourth-order valence-electron chi connectivity index (χ4n) is 3.09. The highest BCUT2D eigenvalue weighted by Gasteiger charge is 2.09. The molecule has 1 N–H and O–H groups in total. The number of hydrogen-bond acceptors (Lipinski definition) is 6. The Labute approximate surface area is 174 Å². The van der Waals surface area contributed by atoms with E-state index < -0.39 is 0 Å². The number of nitrogens with one attached hydrogen (secondary N) is 1. The SMILES string of the molecule is CCCNc1cnc(-c2cccc(Cc3nn(-c4cnn(C)c4)ccc3=O)c2)nc1. The average Bonchev–Trinajstić information content (AvgIpc) is 3.21. The van der Waals surface area contributed by atoms with Crippen molar-refractivity contribution in [1.82, 2.24) is 29.5 Å². The Morgan fingerprint density at radius 1 is 1.10 bits per heavy atom. The zero-order valence-corrected chi connectivity index (χ0v) is 17.0. The van der Waals surface area contributed by atoms with E-state index in [-0.39, 0.29) is 5.43 Å². The largest absolute Gasteiger partial charge is 0.383 e. The Bertz CT molecular complexity index is 1190. The van der Waals surface area contributed by atoms with Gasteiger partial charge in [0.1, 0.15) is 11.4 Å². The number of hydrogen-bond donors (Lipinski definition) is 1. The standard InChI is InChI=1S/C22H23N7O/c1-3-8-23-18-12-24-22(25-13-18)17-6-4-5-16(10-17)11-20-21(30)7-9-29(27-20)19-14-26-28(2)15-19/h4-7,9-10,12-15,23H,3,8,11H2,1-2H3. The molecule has 0 atom stereocenters. The second-order valence-corrected chi connectivity index (χ2v) is 7.04. The van der Waals surface area contributed by atoms with Crippen LogP contribution in [0.3, 0.4) is 0 Å². The van der Waals surface area contributed by atoms with Gasteiger partial charge in [0.15, 0.2) is 5.82 Å². The molecule has 0 aliphatic heterocycles. The van der Waals surface area contributed by atoms with Crippen LogP contribution < -0.4 is 10.7 Å². The predicted octanol–water partition coefficient (Wildman–Crippen LogP) is 2.84. The lowest BCUT2D eigenvalue weighted by molar-refractivity contribution is 0.762. The summed E-state index contributed by atoms with van der Waals surface area (Å²) in [6.45, 7) is 3.00. The van der Waals surface area contributed by atoms with Crippen LogP contribution >= 0.6 is 0 Å². The van der Waals surface area contributed by atoms with Crippen LogP contribution in [0.15, 0.2) is 66.1 Å². The van der Waals surface area contributed by atoms with Crippen molar-refractivity contribution >= 4 is 5.69 Å². The van der Waals surface area contributed by atoms with Gasteiger partial charge in [-0.25, -0.2) is 14.6 Å². The van der Waals surface area contributed by atoms with Crippen molar-refractivity contribution in [2.75, 3.05) is 11.9 Å². The number of aryl methyl sites for hydroxylation is 1. The Morgan fingerprint density at radius 2 is 1.93 bits per heavy atom. The topological polar surface area (TPSA) is 90.5 Å². The summed E-state index contributed by atoms with van der Waals surface area (Å²) >= 11 is 0. The van der Waals surface area contributed by atoms with Gasteiger partial charge in [-0.05, 0) is 18.1 Å². The van der Waals surface area contributed by atoms with E-state index in [9.17, 15) is 4.79 Å². The first-order chi connectivity index (χ1) is 14.6. The molecule has 0 aliphatic carbocycles. The van der Waals surface area contributed by atoms with Gasteiger partial charge in [-0.2, -0.15) is 10.2 Å². The van der Waals surface area contributed by atoms with E-state index in [1.165, 1.54) is 6.07 Å². The molecule has 3 heterocycles. The second kappa shape index (κ2) is 8.69. The van der Waals surface area contributed by atoms with Gasteiger partial charge >= 0.3 is 0 Å². The molecular weight excluding hydrogens is 378 g/mol. The molecule has 0 saturated heterocycles. The summed E-state index contributed by atoms with van der Waals surface area (Å²) in [4.78, 5) is 21.3. The maximum Gasteiger partial charge on any atom is 0.203 e. The van der Waals surface area contributed by atoms with E-state index in [4.69, 9.17) is 0 Å². The minimum atomic E-state index is -0.0943. The molecule has 0 saturated carbocycles. The molecule has 8 nitrogen and oxygen atoms in total. The highest BCUT2D eigenvalue weighted by molar-refractivity contribution is 5.57. The molecule has 0 spiro atoms. The molecule has 30 heavy (non-hydrogen) atoms. The van der Waals surface area contributed by atoms with E-state index in [0.717, 1.165) is 35.5 Å². The molecule has 0 unspecified atom stereocenters. The fraction of sp³-hybridized carbons (Fsp3) is 0.227. The van der Waals surface area contributed by atoms with Gasteiger partial charge in [-0.3, -0.25) is 9.48 Å². The van der Waals surface area contributed by atoms with Crippen molar-refractivity contribution < 1.29 is 0 Å². The summed E-state index contributed by atoms with van der Waals surface area (Å²) in [5.41, 5.74) is 3.96. The predicted molar refractivity (Wildman–Crippen MR) is 116 cm³/mol. The molecule has 0 aliphatic rings. The number of nitrogens with zero attached hydrogens (tertiary/aromatic N) is 6. The Hall–Kier alpha value is -3.81. The Balaban J connectivity index is 1.57. The second-order valence-electron chi connectivity index (χ2n) is 7.04. The maximum atomic E-state index is 12.4. The highest BCUT2D eigenvalue weighted by Crippen LogP contribution is 2.18. The molecule has 4 rings (SSSR count). The van der Waals surface area contributed by atoms with Crippen molar-refractivity contribution in [1.29, 1.82) is 0 Å². The minimum Gasteiger partial charge on any atom is -0.383 e. The Kier molecular flexibility index (Phi) is 5.65. The monoisotopic (exact) mass is 401 g/mol. The number of benzene rings is 1. The van der Waals surface area contributed by atoms with Gasteiger partial charge in [0, 0.05) is 37.8 Å². The third kappa shape index (κ3) is 4.43. The fourth-order valence-corrected chi connectivity index (χ4v) is 3.09. The van der Waals surface area contributed by atoms with Crippen LogP contribution in [0.25, 0.3) is 17.1 Å². The van der Waals surface area contributed by atoms with Crippen molar-refractivity contribution in [3.8, 4) is 17.1 Å². The third-order valence-corrected chi connectivity index (χ3v) is 4.62. The van der Waals surface area contributed by atoms with E-state index >= 15 is 0 Å². The van der Waals surface area contributed by atoms with Gasteiger partial charge < -0.3 is 5.32 Å². The summed E-state index contributed by atoms with van der Waals surface area (Å²) in [6, 6.07) is 9.41. The molecule has 0 radical (unpaired) electrons. The van der Waals surface area contributed by atoms with E-state index in [0.29, 0.717) is 17.9 Å². The van der Waals surface area contributed by atoms with Crippen LogP contribution in [0.2, 0.25) is 0 Å². The van der Waals surface area contributed by atoms with Crippen LogP contribution in [0, 0.1) is 0 Å². The van der Waals surface area contributed by atoms with Gasteiger partial charge in [-0.1, -0.05) is 25.1 Å². The summed E-state index contributed by atoms with van der Waals surface area (Å²) in [6.07, 6.45) is 10.2. The molecule has 0 amide bonds. The van der Waals surface area contributed by atoms with E-state index in [1.807, 2.05) is 37.5 Å². The number of aromatic nitrogens is 6. The Morgan fingerprint density at radius 3 is 2.67 bits per heavy atom. The lowest BCUT2D eigenvalue weighted by Crippen LogP contribution is -2.16. The van der Waals surface area contributed by atoms with Crippen molar-refractivity contribution in [3.05, 3.63) is 82.8 Å².